The van der Waals surface area contributed by atoms with E-state index in [0.717, 1.165) is 45.0 Å². The third-order valence-electron chi connectivity index (χ3n) is 5.61. The number of hydrogen-bond acceptors (Lipinski definition) is 7. The van der Waals surface area contributed by atoms with Crippen molar-refractivity contribution < 1.29 is 19.5 Å². The van der Waals surface area contributed by atoms with E-state index in [2.05, 4.69) is 13.8 Å². The second kappa shape index (κ2) is 10.4. The van der Waals surface area contributed by atoms with Crippen LogP contribution in [0.1, 0.15) is 39.5 Å². The summed E-state index contributed by atoms with van der Waals surface area (Å²) in [4.78, 5) is 40.7. The van der Waals surface area contributed by atoms with Crippen LogP contribution in [0.4, 0.5) is 0 Å². The van der Waals surface area contributed by atoms with Crippen molar-refractivity contribution in [3.05, 3.63) is 23.2 Å². The second-order valence-corrected chi connectivity index (χ2v) is 9.24. The Hall–Kier alpha value is -1.96. The molecule has 0 spiro atoms. The van der Waals surface area contributed by atoms with E-state index in [1.165, 1.54) is 31.8 Å². The predicted molar refractivity (Wildman–Crippen MR) is 118 cm³/mol. The quantitative estimate of drug-likeness (QED) is 0.391. The minimum absolute atomic E-state index is 0.00546. The van der Waals surface area contributed by atoms with E-state index in [9.17, 15) is 14.4 Å². The van der Waals surface area contributed by atoms with Crippen molar-refractivity contribution in [2.75, 3.05) is 50.8 Å². The first-order chi connectivity index (χ1) is 14.5. The summed E-state index contributed by atoms with van der Waals surface area (Å²) in [7, 11) is 0. The Labute approximate surface area is 183 Å². The number of Topliss-reactive ketones (excluding diaryl/α,β-unsaturated/α-hetero) is 1. The maximum absolute atomic E-state index is 12.4. The van der Waals surface area contributed by atoms with Crippen molar-refractivity contribution in [3.63, 3.8) is 0 Å². The van der Waals surface area contributed by atoms with E-state index in [0.29, 0.717) is 23.0 Å². The number of unbranched alkanes of at least 4 members (excludes halogenated alkanes) is 1. The molecule has 0 aromatic rings. The van der Waals surface area contributed by atoms with Gasteiger partial charge in [0, 0.05) is 45.3 Å². The lowest BCUT2D eigenvalue weighted by Gasteiger charge is -2.21. The van der Waals surface area contributed by atoms with Gasteiger partial charge >= 0.3 is 5.97 Å². The zero-order chi connectivity index (χ0) is 21.7. The monoisotopic (exact) mass is 435 g/mol. The maximum atomic E-state index is 12.4. The number of rotatable bonds is 11. The Balaban J connectivity index is 0.000000180. The highest BCUT2D eigenvalue weighted by atomic mass is 32.2. The Bertz CT molecular complexity index is 737. The molecule has 0 aromatic heterocycles. The molecular formula is C22H33N3O4S. The summed E-state index contributed by atoms with van der Waals surface area (Å²) < 4.78 is 0. The molecule has 0 saturated carbocycles. The molecule has 0 aromatic carbocycles. The molecule has 166 valence electrons. The first-order valence-corrected chi connectivity index (χ1v) is 12.2. The molecule has 8 heteroatoms. The molecule has 3 heterocycles. The van der Waals surface area contributed by atoms with Gasteiger partial charge in [0.15, 0.2) is 0 Å². The minimum atomic E-state index is -0.699. The molecule has 1 aliphatic carbocycles. The van der Waals surface area contributed by atoms with Crippen LogP contribution >= 0.6 is 11.8 Å². The summed E-state index contributed by atoms with van der Waals surface area (Å²) in [6.07, 6.45) is 6.45. The van der Waals surface area contributed by atoms with Gasteiger partial charge in [-0.05, 0) is 18.1 Å². The molecular weight excluding hydrogens is 402 g/mol. The van der Waals surface area contributed by atoms with Crippen LogP contribution in [0.15, 0.2) is 23.2 Å². The number of ketones is 2. The summed E-state index contributed by atoms with van der Waals surface area (Å²) >= 11 is 1.54. The lowest BCUT2D eigenvalue weighted by Crippen LogP contribution is -2.29. The first-order valence-electron chi connectivity index (χ1n) is 11.1. The highest BCUT2D eigenvalue weighted by molar-refractivity contribution is 7.99. The van der Waals surface area contributed by atoms with Crippen LogP contribution < -0.4 is 0 Å². The third-order valence-corrected chi connectivity index (χ3v) is 6.77. The van der Waals surface area contributed by atoms with Gasteiger partial charge in [-0.15, -0.1) is 11.8 Å². The molecule has 7 nitrogen and oxygen atoms in total. The SMILES string of the molecule is CCCCC(CC)CSCC(=O)O.O=C1C=C(N2CC2)C(=O)C(N2CC2)=C1N1CC1. The summed E-state index contributed by atoms with van der Waals surface area (Å²) in [6.45, 7) is 9.78. The van der Waals surface area contributed by atoms with Gasteiger partial charge in [-0.2, -0.15) is 0 Å². The van der Waals surface area contributed by atoms with Crippen LogP contribution in [-0.2, 0) is 14.4 Å². The van der Waals surface area contributed by atoms with Gasteiger partial charge in [0.1, 0.15) is 11.4 Å². The normalized spacial score (nSPS) is 20.6. The fourth-order valence-electron chi connectivity index (χ4n) is 3.49. The summed E-state index contributed by atoms with van der Waals surface area (Å²) in [5, 5.41) is 8.45. The molecule has 0 amide bonds. The molecule has 3 aliphatic heterocycles. The number of thioether (sulfide) groups is 1. The van der Waals surface area contributed by atoms with Crippen LogP contribution in [0.3, 0.4) is 0 Å². The highest BCUT2D eigenvalue weighted by Gasteiger charge is 2.43. The Morgan fingerprint density at radius 3 is 2.13 bits per heavy atom. The van der Waals surface area contributed by atoms with E-state index in [1.807, 2.05) is 14.7 Å². The van der Waals surface area contributed by atoms with Crippen molar-refractivity contribution in [1.82, 2.24) is 14.7 Å². The van der Waals surface area contributed by atoms with Crippen LogP contribution in [-0.4, -0.2) is 88.1 Å². The number of nitrogens with zero attached hydrogens (tertiary/aromatic N) is 3. The van der Waals surface area contributed by atoms with Crippen LogP contribution in [0.2, 0.25) is 0 Å². The van der Waals surface area contributed by atoms with Gasteiger partial charge in [-0.25, -0.2) is 0 Å². The van der Waals surface area contributed by atoms with Gasteiger partial charge in [0.25, 0.3) is 0 Å². The molecule has 1 N–H and O–H groups in total. The Kier molecular flexibility index (Phi) is 7.86. The number of carboxylic acid groups (broad SMARTS) is 1. The van der Waals surface area contributed by atoms with Crippen LogP contribution in [0.5, 0.6) is 0 Å². The standard InChI is InChI=1S/C12H13N3O2.C10H20O2S/c16-9-7-8(13-1-2-13)12(17)11(15-5-6-15)10(9)14-3-4-14;1-3-5-6-9(4-2)7-13-8-10(11)12/h7H,1-6H2;9H,3-8H2,1-2H3,(H,11,12). The van der Waals surface area contributed by atoms with Gasteiger partial charge < -0.3 is 19.8 Å². The van der Waals surface area contributed by atoms with Crippen molar-refractivity contribution in [2.24, 2.45) is 5.92 Å². The third kappa shape index (κ3) is 6.27. The molecule has 0 radical (unpaired) electrons. The van der Waals surface area contributed by atoms with Crippen molar-refractivity contribution in [2.45, 2.75) is 39.5 Å². The number of carbonyl (C=O) groups excluding carboxylic acids is 2. The Morgan fingerprint density at radius 1 is 1.03 bits per heavy atom. The van der Waals surface area contributed by atoms with Crippen LogP contribution in [0.25, 0.3) is 0 Å². The molecule has 3 saturated heterocycles. The van der Waals surface area contributed by atoms with E-state index < -0.39 is 5.97 Å². The number of carbonyl (C=O) groups is 3. The number of allylic oxidation sites excluding steroid dienone is 1. The van der Waals surface area contributed by atoms with E-state index in [1.54, 1.807) is 11.8 Å². The lowest BCUT2D eigenvalue weighted by molar-refractivity contribution is -0.134. The predicted octanol–water partition coefficient (Wildman–Crippen LogP) is 2.20. The van der Waals surface area contributed by atoms with E-state index in [-0.39, 0.29) is 17.3 Å². The molecule has 1 unspecified atom stereocenters. The summed E-state index contributed by atoms with van der Waals surface area (Å²) in [5.41, 5.74) is 1.89. The Morgan fingerprint density at radius 2 is 1.63 bits per heavy atom. The van der Waals surface area contributed by atoms with E-state index in [4.69, 9.17) is 5.11 Å². The number of carboxylic acids is 1. The summed E-state index contributed by atoms with van der Waals surface area (Å²) in [6, 6.07) is 0. The molecule has 3 fully saturated rings. The largest absolute Gasteiger partial charge is 0.481 e. The van der Waals surface area contributed by atoms with Crippen molar-refractivity contribution >= 4 is 29.3 Å². The fourth-order valence-corrected chi connectivity index (χ4v) is 4.51. The summed E-state index contributed by atoms with van der Waals surface area (Å²) in [5.74, 6) is 1.32. The molecule has 4 aliphatic rings. The number of aliphatic carboxylic acids is 1. The topological polar surface area (TPSA) is 80.5 Å². The second-order valence-electron chi connectivity index (χ2n) is 8.21. The average Bonchev–Trinajstić information content (AvgIpc) is 3.57. The molecule has 0 bridgehead atoms. The van der Waals surface area contributed by atoms with Crippen molar-refractivity contribution in [1.29, 1.82) is 0 Å². The van der Waals surface area contributed by atoms with Gasteiger partial charge in [0.2, 0.25) is 11.6 Å². The smallest absolute Gasteiger partial charge is 0.313 e. The molecule has 30 heavy (non-hydrogen) atoms. The van der Waals surface area contributed by atoms with Crippen LogP contribution in [0, 0.1) is 5.92 Å². The highest BCUT2D eigenvalue weighted by Crippen LogP contribution is 2.33. The first kappa shape index (κ1) is 22.7. The number of hydrogen-bond donors (Lipinski definition) is 1. The maximum Gasteiger partial charge on any atom is 0.313 e. The zero-order valence-corrected chi connectivity index (χ0v) is 18.9. The molecule has 1 atom stereocenters. The lowest BCUT2D eigenvalue weighted by atomic mass is 10.0. The molecule has 4 rings (SSSR count). The van der Waals surface area contributed by atoms with Gasteiger partial charge in [-0.1, -0.05) is 33.1 Å². The zero-order valence-electron chi connectivity index (χ0n) is 18.1. The average molecular weight is 436 g/mol. The van der Waals surface area contributed by atoms with Gasteiger partial charge in [-0.3, -0.25) is 14.4 Å². The minimum Gasteiger partial charge on any atom is -0.481 e. The fraction of sp³-hybridized carbons (Fsp3) is 0.682. The van der Waals surface area contributed by atoms with Gasteiger partial charge in [0.05, 0.1) is 11.4 Å². The van der Waals surface area contributed by atoms with E-state index >= 15 is 0 Å². The van der Waals surface area contributed by atoms with Crippen molar-refractivity contribution in [3.8, 4) is 0 Å².